The molecule has 2 aromatic rings. The second-order valence-electron chi connectivity index (χ2n) is 6.60. The Balaban J connectivity index is 1.85. The van der Waals surface area contributed by atoms with Crippen molar-refractivity contribution >= 4 is 32.7 Å². The van der Waals surface area contributed by atoms with Gasteiger partial charge in [0.15, 0.2) is 0 Å². The number of thiocarbonyl (C=S) groups is 1. The minimum atomic E-state index is -4.78. The van der Waals surface area contributed by atoms with Crippen LogP contribution in [0.2, 0.25) is 0 Å². The molecule has 0 aliphatic heterocycles. The van der Waals surface area contributed by atoms with Crippen LogP contribution in [0.1, 0.15) is 22.6 Å². The van der Waals surface area contributed by atoms with Crippen LogP contribution < -0.4 is 9.88 Å². The summed E-state index contributed by atoms with van der Waals surface area (Å²) in [6.07, 6.45) is 0.266. The summed E-state index contributed by atoms with van der Waals surface area (Å²) in [5.74, 6) is -1.64. The molecule has 10 heteroatoms. The third-order valence-corrected chi connectivity index (χ3v) is 5.74. The Hall–Kier alpha value is -2.56. The molecule has 0 spiro atoms. The van der Waals surface area contributed by atoms with E-state index in [2.05, 4.69) is 4.74 Å². The Bertz CT molecular complexity index is 1190. The van der Waals surface area contributed by atoms with Gasteiger partial charge in [0.2, 0.25) is 10.0 Å². The quantitative estimate of drug-likeness (QED) is 0.530. The van der Waals surface area contributed by atoms with Crippen LogP contribution in [0.15, 0.2) is 59.5 Å². The van der Waals surface area contributed by atoms with Crippen LogP contribution in [0.5, 0.6) is 5.75 Å². The van der Waals surface area contributed by atoms with Crippen LogP contribution in [-0.4, -0.2) is 19.6 Å². The highest BCUT2D eigenvalue weighted by molar-refractivity contribution is 7.89. The molecule has 1 atom stereocenters. The van der Waals surface area contributed by atoms with Crippen LogP contribution in [0.4, 0.5) is 17.6 Å². The zero-order valence-corrected chi connectivity index (χ0v) is 17.0. The lowest BCUT2D eigenvalue weighted by Crippen LogP contribution is -2.18. The lowest BCUT2D eigenvalue weighted by Gasteiger charge is -2.20. The zero-order valence-electron chi connectivity index (χ0n) is 15.4. The Morgan fingerprint density at radius 3 is 2.37 bits per heavy atom. The number of benzene rings is 2. The molecule has 0 saturated carbocycles. The highest BCUT2D eigenvalue weighted by Gasteiger charge is 2.32. The van der Waals surface area contributed by atoms with Gasteiger partial charge in [-0.2, -0.15) is 0 Å². The Labute approximate surface area is 175 Å². The number of allylic oxidation sites excluding steroid dienone is 4. The summed E-state index contributed by atoms with van der Waals surface area (Å²) < 4.78 is 78.0. The summed E-state index contributed by atoms with van der Waals surface area (Å²) in [6, 6.07) is 7.82. The molecule has 0 aromatic heterocycles. The smallest absolute Gasteiger partial charge is 0.406 e. The van der Waals surface area contributed by atoms with Crippen molar-refractivity contribution < 1.29 is 30.7 Å². The van der Waals surface area contributed by atoms with Crippen LogP contribution >= 0.6 is 12.2 Å². The van der Waals surface area contributed by atoms with Crippen molar-refractivity contribution in [1.29, 1.82) is 0 Å². The molecule has 4 nitrogen and oxygen atoms in total. The van der Waals surface area contributed by atoms with Crippen LogP contribution in [0.25, 0.3) is 5.57 Å². The Morgan fingerprint density at radius 1 is 1.13 bits per heavy atom. The van der Waals surface area contributed by atoms with Gasteiger partial charge in [0.25, 0.3) is 0 Å². The Kier molecular flexibility index (Phi) is 5.85. The maximum absolute atomic E-state index is 14.1. The average Bonchev–Trinajstić information content (AvgIpc) is 2.61. The first kappa shape index (κ1) is 22.1. The number of ether oxygens (including phenoxy) is 1. The third-order valence-electron chi connectivity index (χ3n) is 4.43. The van der Waals surface area contributed by atoms with E-state index in [1.165, 1.54) is 25.1 Å². The van der Waals surface area contributed by atoms with Gasteiger partial charge in [-0.3, -0.25) is 0 Å². The number of halogens is 4. The number of rotatable bonds is 4. The molecule has 158 valence electrons. The van der Waals surface area contributed by atoms with E-state index in [0.29, 0.717) is 27.1 Å². The molecular weight excluding hydrogens is 442 g/mol. The summed E-state index contributed by atoms with van der Waals surface area (Å²) in [5, 5.41) is 4.96. The summed E-state index contributed by atoms with van der Waals surface area (Å²) in [5.41, 5.74) is 1.94. The van der Waals surface area contributed by atoms with Crippen LogP contribution in [-0.2, 0) is 10.0 Å². The van der Waals surface area contributed by atoms with Gasteiger partial charge in [-0.15, -0.1) is 13.2 Å². The summed E-state index contributed by atoms with van der Waals surface area (Å²) in [7, 11) is -4.17. The molecule has 0 radical (unpaired) electrons. The van der Waals surface area contributed by atoms with Crippen molar-refractivity contribution in [2.24, 2.45) is 5.14 Å². The van der Waals surface area contributed by atoms with E-state index in [0.717, 1.165) is 12.1 Å². The second-order valence-corrected chi connectivity index (χ2v) is 8.60. The molecule has 2 N–H and O–H groups in total. The van der Waals surface area contributed by atoms with Gasteiger partial charge in [0.05, 0.1) is 0 Å². The lowest BCUT2D eigenvalue weighted by atomic mass is 9.87. The van der Waals surface area contributed by atoms with Crippen molar-refractivity contribution in [3.63, 3.8) is 0 Å². The molecule has 0 bridgehead atoms. The fourth-order valence-corrected chi connectivity index (χ4v) is 3.99. The molecule has 2 aromatic carbocycles. The summed E-state index contributed by atoms with van der Waals surface area (Å²) in [6.45, 7) is 1.50. The first-order valence-electron chi connectivity index (χ1n) is 8.48. The van der Waals surface area contributed by atoms with Gasteiger partial charge in [-0.25, -0.2) is 17.9 Å². The second kappa shape index (κ2) is 7.93. The molecule has 1 aliphatic rings. The van der Waals surface area contributed by atoms with Gasteiger partial charge in [-0.05, 0) is 53.5 Å². The van der Waals surface area contributed by atoms with Gasteiger partial charge >= 0.3 is 6.36 Å². The summed E-state index contributed by atoms with van der Waals surface area (Å²) in [4.78, 5) is -0.143. The fourth-order valence-electron chi connectivity index (χ4n) is 3.06. The van der Waals surface area contributed by atoms with E-state index in [4.69, 9.17) is 17.4 Å². The predicted molar refractivity (Wildman–Crippen MR) is 108 cm³/mol. The fraction of sp³-hybridized carbons (Fsp3) is 0.150. The largest absolute Gasteiger partial charge is 0.573 e. The van der Waals surface area contributed by atoms with Crippen LogP contribution in [0.3, 0.4) is 0 Å². The molecular formula is C20H15F4NO3S2. The number of primary sulfonamides is 1. The normalized spacial score (nSPS) is 17.1. The maximum atomic E-state index is 14.1. The summed E-state index contributed by atoms with van der Waals surface area (Å²) >= 11 is 5.42. The number of sulfonamides is 1. The van der Waals surface area contributed by atoms with Crippen molar-refractivity contribution in [3.8, 4) is 5.75 Å². The zero-order chi connectivity index (χ0) is 22.3. The monoisotopic (exact) mass is 457 g/mol. The molecule has 0 heterocycles. The number of aryl methyl sites for hydroxylation is 1. The minimum Gasteiger partial charge on any atom is -0.406 e. The predicted octanol–water partition coefficient (Wildman–Crippen LogP) is 4.79. The molecule has 0 amide bonds. The van der Waals surface area contributed by atoms with Gasteiger partial charge in [0, 0.05) is 10.8 Å². The van der Waals surface area contributed by atoms with E-state index in [1.54, 1.807) is 24.3 Å². The first-order chi connectivity index (χ1) is 13.8. The minimum absolute atomic E-state index is 0.293. The van der Waals surface area contributed by atoms with E-state index in [9.17, 15) is 26.0 Å². The van der Waals surface area contributed by atoms with Gasteiger partial charge in [0.1, 0.15) is 16.5 Å². The molecule has 1 aliphatic carbocycles. The standard InChI is InChI=1S/C20H15F4NO3S2/c1-11-8-14(3-6-17(11)28-20(22,23)24)15-5-2-13(10-18(15)29)12-4-7-19(16(21)9-12)30(25,26)27/h2-10,15H,1H3,(H2,25,26,27). The Morgan fingerprint density at radius 2 is 1.83 bits per heavy atom. The number of nitrogens with two attached hydrogens (primary N) is 1. The van der Waals surface area contributed by atoms with E-state index >= 15 is 0 Å². The lowest BCUT2D eigenvalue weighted by molar-refractivity contribution is -0.274. The third kappa shape index (κ3) is 4.94. The average molecular weight is 457 g/mol. The van der Waals surface area contributed by atoms with Crippen molar-refractivity contribution in [3.05, 3.63) is 77.1 Å². The number of hydrogen-bond acceptors (Lipinski definition) is 4. The van der Waals surface area contributed by atoms with Gasteiger partial charge in [-0.1, -0.05) is 42.6 Å². The first-order valence-corrected chi connectivity index (χ1v) is 10.4. The molecule has 1 unspecified atom stereocenters. The van der Waals surface area contributed by atoms with Crippen molar-refractivity contribution in [1.82, 2.24) is 0 Å². The highest BCUT2D eigenvalue weighted by Crippen LogP contribution is 2.33. The van der Waals surface area contributed by atoms with E-state index < -0.39 is 27.1 Å². The van der Waals surface area contributed by atoms with Crippen molar-refractivity contribution in [2.45, 2.75) is 24.1 Å². The molecule has 0 saturated heterocycles. The SMILES string of the molecule is Cc1cc(C2C=CC(c3ccc(S(N)(=O)=O)c(F)c3)=CC2=S)ccc1OC(F)(F)F. The number of hydrogen-bond donors (Lipinski definition) is 1. The number of alkyl halides is 3. The molecule has 0 fully saturated rings. The molecule has 3 rings (SSSR count). The topological polar surface area (TPSA) is 69.4 Å². The van der Waals surface area contributed by atoms with E-state index in [1.807, 2.05) is 0 Å². The van der Waals surface area contributed by atoms with Crippen molar-refractivity contribution in [2.75, 3.05) is 0 Å². The molecule has 30 heavy (non-hydrogen) atoms. The highest BCUT2D eigenvalue weighted by atomic mass is 32.2. The van der Waals surface area contributed by atoms with E-state index in [-0.39, 0.29) is 11.7 Å². The van der Waals surface area contributed by atoms with Crippen LogP contribution in [0, 0.1) is 12.7 Å². The van der Waals surface area contributed by atoms with Gasteiger partial charge < -0.3 is 4.74 Å². The maximum Gasteiger partial charge on any atom is 0.573 e.